The van der Waals surface area contributed by atoms with Gasteiger partial charge in [0.2, 0.25) is 0 Å². The lowest BCUT2D eigenvalue weighted by atomic mass is 9.49. The van der Waals surface area contributed by atoms with Gasteiger partial charge in [-0.25, -0.2) is 9.97 Å². The van der Waals surface area contributed by atoms with Crippen LogP contribution < -0.4 is 0 Å². The molecule has 29 heavy (non-hydrogen) atoms. The summed E-state index contributed by atoms with van der Waals surface area (Å²) in [5.41, 5.74) is 1.30. The second-order valence-electron chi connectivity index (χ2n) is 11.7. The summed E-state index contributed by atoms with van der Waals surface area (Å²) in [5.74, 6) is 6.42. The highest BCUT2D eigenvalue weighted by Gasteiger charge is 2.57. The molecule has 1 heterocycles. The summed E-state index contributed by atoms with van der Waals surface area (Å²) in [5, 5.41) is 10.6. The molecular weight excluding hydrogens is 356 g/mol. The summed E-state index contributed by atoms with van der Waals surface area (Å²) in [7, 11) is 0. The maximum Gasteiger partial charge on any atom is 0.128 e. The first kappa shape index (κ1) is 20.0. The van der Waals surface area contributed by atoms with Gasteiger partial charge in [0.25, 0.3) is 0 Å². The molecule has 3 nitrogen and oxygen atoms in total. The van der Waals surface area contributed by atoms with Crippen LogP contribution in [-0.4, -0.2) is 20.7 Å². The number of fused-ring (bicyclic) bond motifs is 5. The molecule has 0 bridgehead atoms. The molecule has 3 heteroatoms. The lowest BCUT2D eigenvalue weighted by Crippen LogP contribution is -2.50. The van der Waals surface area contributed by atoms with Gasteiger partial charge in [-0.05, 0) is 125 Å². The van der Waals surface area contributed by atoms with Gasteiger partial charge in [0, 0.05) is 18.8 Å². The molecule has 4 aliphatic rings. The van der Waals surface area contributed by atoms with Crippen molar-refractivity contribution >= 4 is 0 Å². The standard InChI is InChI=1S/C26H40N2O/c1-17-15-27-24(28-16-17)9-6-19-5-8-23-22-7-4-18-14-25(2,29)12-10-20(18)21(22)11-13-26(19,23)3/h15-16,18-23,29H,4-14H2,1-3H3/t18-,19-,20+,21-,22-,23+,25-,26-/m1/s1. The molecule has 0 spiro atoms. The minimum absolute atomic E-state index is 0.395. The molecule has 0 aromatic carbocycles. The van der Waals surface area contributed by atoms with Crippen molar-refractivity contribution in [3.63, 3.8) is 0 Å². The van der Waals surface area contributed by atoms with Crippen LogP contribution in [0.25, 0.3) is 0 Å². The van der Waals surface area contributed by atoms with E-state index in [1.54, 1.807) is 0 Å². The van der Waals surface area contributed by atoms with Crippen LogP contribution in [0, 0.1) is 47.8 Å². The number of rotatable bonds is 3. The zero-order chi connectivity index (χ0) is 20.2. The van der Waals surface area contributed by atoms with E-state index < -0.39 is 5.60 Å². The highest BCUT2D eigenvalue weighted by molar-refractivity contribution is 5.07. The molecule has 0 radical (unpaired) electrons. The molecule has 1 aromatic heterocycles. The number of aryl methyl sites for hydroxylation is 2. The van der Waals surface area contributed by atoms with Gasteiger partial charge in [-0.2, -0.15) is 0 Å². The predicted octanol–water partition coefficient (Wildman–Crippen LogP) is 5.74. The topological polar surface area (TPSA) is 46.0 Å². The third-order valence-corrected chi connectivity index (χ3v) is 9.98. The Morgan fingerprint density at radius 3 is 2.48 bits per heavy atom. The van der Waals surface area contributed by atoms with E-state index in [-0.39, 0.29) is 0 Å². The van der Waals surface area contributed by atoms with Gasteiger partial charge in [0.15, 0.2) is 0 Å². The van der Waals surface area contributed by atoms with Crippen molar-refractivity contribution in [1.29, 1.82) is 0 Å². The lowest BCUT2D eigenvalue weighted by molar-refractivity contribution is -0.0999. The summed E-state index contributed by atoms with van der Waals surface area (Å²) in [6.45, 7) is 6.78. The zero-order valence-electron chi connectivity index (χ0n) is 18.7. The normalized spacial score (nSPS) is 46.6. The first-order valence-electron chi connectivity index (χ1n) is 12.4. The van der Waals surface area contributed by atoms with Crippen LogP contribution in [0.1, 0.15) is 89.4 Å². The van der Waals surface area contributed by atoms with E-state index in [0.717, 1.165) is 66.2 Å². The minimum atomic E-state index is -0.395. The average Bonchev–Trinajstić information content (AvgIpc) is 3.03. The van der Waals surface area contributed by atoms with Crippen LogP contribution in [0.2, 0.25) is 0 Å². The fourth-order valence-corrected chi connectivity index (χ4v) is 8.52. The van der Waals surface area contributed by atoms with Crippen LogP contribution >= 0.6 is 0 Å². The summed E-state index contributed by atoms with van der Waals surface area (Å²) >= 11 is 0. The zero-order valence-corrected chi connectivity index (χ0v) is 18.7. The minimum Gasteiger partial charge on any atom is -0.390 e. The van der Waals surface area contributed by atoms with Crippen LogP contribution in [0.5, 0.6) is 0 Å². The molecule has 1 aromatic rings. The number of nitrogens with zero attached hydrogens (tertiary/aromatic N) is 2. The van der Waals surface area contributed by atoms with Gasteiger partial charge < -0.3 is 5.11 Å². The maximum atomic E-state index is 10.6. The average molecular weight is 397 g/mol. The first-order chi connectivity index (χ1) is 13.9. The Morgan fingerprint density at radius 2 is 1.69 bits per heavy atom. The highest BCUT2D eigenvalue weighted by Crippen LogP contribution is 2.65. The van der Waals surface area contributed by atoms with Crippen molar-refractivity contribution in [2.24, 2.45) is 40.9 Å². The smallest absolute Gasteiger partial charge is 0.128 e. The van der Waals surface area contributed by atoms with Crippen LogP contribution in [0.3, 0.4) is 0 Å². The van der Waals surface area contributed by atoms with E-state index >= 15 is 0 Å². The summed E-state index contributed by atoms with van der Waals surface area (Å²) in [6.07, 6.45) is 18.1. The number of aromatic nitrogens is 2. The Hall–Kier alpha value is -0.960. The van der Waals surface area contributed by atoms with E-state index in [1.807, 2.05) is 12.4 Å². The molecule has 5 rings (SSSR count). The Bertz CT molecular complexity index is 729. The van der Waals surface area contributed by atoms with Crippen molar-refractivity contribution in [1.82, 2.24) is 9.97 Å². The molecule has 1 N–H and O–H groups in total. The first-order valence-corrected chi connectivity index (χ1v) is 12.4. The highest BCUT2D eigenvalue weighted by atomic mass is 16.3. The Kier molecular flexibility index (Phi) is 5.04. The fraction of sp³-hybridized carbons (Fsp3) is 0.846. The Balaban J connectivity index is 1.26. The molecule has 4 aliphatic carbocycles. The van der Waals surface area contributed by atoms with Gasteiger partial charge in [0.1, 0.15) is 5.82 Å². The van der Waals surface area contributed by atoms with Gasteiger partial charge in [-0.3, -0.25) is 0 Å². The SMILES string of the molecule is Cc1cnc(CC[C@H]2CC[C@H]3[C@@H]4CC[C@@H]5C[C@](C)(O)CC[C@@H]5[C@H]4CC[C@]23C)nc1. The second kappa shape index (κ2) is 7.32. The second-order valence-corrected chi connectivity index (χ2v) is 11.7. The molecule has 0 aliphatic heterocycles. The lowest BCUT2D eigenvalue weighted by Gasteiger charge is -2.57. The quantitative estimate of drug-likeness (QED) is 0.709. The molecule has 0 unspecified atom stereocenters. The van der Waals surface area contributed by atoms with Crippen molar-refractivity contribution < 1.29 is 5.11 Å². The van der Waals surface area contributed by atoms with Gasteiger partial charge >= 0.3 is 0 Å². The summed E-state index contributed by atoms with van der Waals surface area (Å²) in [4.78, 5) is 9.11. The van der Waals surface area contributed by atoms with E-state index in [1.165, 1.54) is 51.4 Å². The van der Waals surface area contributed by atoms with Crippen molar-refractivity contribution in [2.75, 3.05) is 0 Å². The largest absolute Gasteiger partial charge is 0.390 e. The molecule has 160 valence electrons. The third-order valence-electron chi connectivity index (χ3n) is 9.98. The van der Waals surface area contributed by atoms with Gasteiger partial charge in [-0.1, -0.05) is 6.92 Å². The molecular formula is C26H40N2O. The van der Waals surface area contributed by atoms with Crippen molar-refractivity contribution in [2.45, 2.75) is 97.0 Å². The van der Waals surface area contributed by atoms with Crippen LogP contribution in [-0.2, 0) is 6.42 Å². The van der Waals surface area contributed by atoms with E-state index in [4.69, 9.17) is 0 Å². The monoisotopic (exact) mass is 396 g/mol. The fourth-order valence-electron chi connectivity index (χ4n) is 8.52. The van der Waals surface area contributed by atoms with Crippen LogP contribution in [0.4, 0.5) is 0 Å². The Labute approximate surface area is 177 Å². The Morgan fingerprint density at radius 1 is 0.931 bits per heavy atom. The van der Waals surface area contributed by atoms with Gasteiger partial charge in [-0.15, -0.1) is 0 Å². The summed E-state index contributed by atoms with van der Waals surface area (Å²) < 4.78 is 0. The van der Waals surface area contributed by atoms with Gasteiger partial charge in [0.05, 0.1) is 5.60 Å². The molecule has 4 fully saturated rings. The van der Waals surface area contributed by atoms with Crippen molar-refractivity contribution in [3.8, 4) is 0 Å². The summed E-state index contributed by atoms with van der Waals surface area (Å²) in [6, 6.07) is 0. The number of hydrogen-bond acceptors (Lipinski definition) is 3. The predicted molar refractivity (Wildman–Crippen MR) is 116 cm³/mol. The van der Waals surface area contributed by atoms with E-state index in [0.29, 0.717) is 5.41 Å². The maximum absolute atomic E-state index is 10.6. The van der Waals surface area contributed by atoms with E-state index in [2.05, 4.69) is 30.7 Å². The molecule has 8 atom stereocenters. The molecule has 0 amide bonds. The van der Waals surface area contributed by atoms with Crippen molar-refractivity contribution in [3.05, 3.63) is 23.8 Å². The third kappa shape index (κ3) is 3.56. The molecule has 4 saturated carbocycles. The number of aliphatic hydroxyl groups is 1. The van der Waals surface area contributed by atoms with E-state index in [9.17, 15) is 5.11 Å². The molecule has 0 saturated heterocycles. The number of hydrogen-bond donors (Lipinski definition) is 1. The van der Waals surface area contributed by atoms with Crippen LogP contribution in [0.15, 0.2) is 12.4 Å².